The number of rotatable bonds is 7. The van der Waals surface area contributed by atoms with Gasteiger partial charge in [0.25, 0.3) is 0 Å². The minimum absolute atomic E-state index is 0.0331. The third-order valence-electron chi connectivity index (χ3n) is 3.21. The second-order valence-corrected chi connectivity index (χ2v) is 5.34. The number of morpholine rings is 1. The molecule has 0 aliphatic carbocycles. The van der Waals surface area contributed by atoms with Gasteiger partial charge in [0.1, 0.15) is 6.61 Å². The van der Waals surface area contributed by atoms with Gasteiger partial charge < -0.3 is 24.8 Å². The first-order valence-corrected chi connectivity index (χ1v) is 7.59. The molecule has 0 bridgehead atoms. The highest BCUT2D eigenvalue weighted by molar-refractivity contribution is 6.32. The van der Waals surface area contributed by atoms with E-state index in [1.165, 1.54) is 0 Å². The summed E-state index contributed by atoms with van der Waals surface area (Å²) < 4.78 is 15.9. The summed E-state index contributed by atoms with van der Waals surface area (Å²) >= 11 is 6.13. The summed E-state index contributed by atoms with van der Waals surface area (Å²) in [6.07, 6.45) is 0.337. The maximum Gasteiger partial charge on any atom is 0.226 e. The minimum Gasteiger partial charge on any atom is -0.487 e. The molecule has 1 amide bonds. The predicted octanol–water partition coefficient (Wildman–Crippen LogP) is 1.68. The van der Waals surface area contributed by atoms with Crippen LogP contribution in [0.1, 0.15) is 6.42 Å². The average Bonchev–Trinajstić information content (AvgIpc) is 2.51. The van der Waals surface area contributed by atoms with Gasteiger partial charge in [-0.2, -0.15) is 0 Å². The zero-order valence-corrected chi connectivity index (χ0v) is 13.3. The van der Waals surface area contributed by atoms with Crippen LogP contribution in [0.15, 0.2) is 18.2 Å². The highest BCUT2D eigenvalue weighted by atomic mass is 35.5. The first kappa shape index (κ1) is 17.0. The van der Waals surface area contributed by atoms with E-state index in [1.807, 2.05) is 0 Å². The molecule has 122 valence electrons. The Morgan fingerprint density at radius 1 is 1.50 bits per heavy atom. The summed E-state index contributed by atoms with van der Waals surface area (Å²) in [5, 5.41) is 6.54. The number of nitrogens with one attached hydrogen (secondary N) is 2. The Bertz CT molecular complexity index is 492. The fraction of sp³-hybridized carbons (Fsp3) is 0.533. The van der Waals surface area contributed by atoms with E-state index in [0.29, 0.717) is 49.3 Å². The molecule has 1 aromatic rings. The maximum atomic E-state index is 12.1. The molecule has 1 saturated heterocycles. The average molecular weight is 329 g/mol. The number of amides is 1. The van der Waals surface area contributed by atoms with E-state index < -0.39 is 0 Å². The Morgan fingerprint density at radius 2 is 2.36 bits per heavy atom. The normalized spacial score (nSPS) is 18.0. The van der Waals surface area contributed by atoms with Gasteiger partial charge in [-0.05, 0) is 12.1 Å². The molecule has 22 heavy (non-hydrogen) atoms. The number of halogens is 1. The van der Waals surface area contributed by atoms with Gasteiger partial charge in [0.15, 0.2) is 5.75 Å². The molecule has 6 nitrogen and oxygen atoms in total. The Labute approximate surface area is 135 Å². The van der Waals surface area contributed by atoms with Crippen molar-refractivity contribution in [1.29, 1.82) is 0 Å². The largest absolute Gasteiger partial charge is 0.487 e. The highest BCUT2D eigenvalue weighted by Crippen LogP contribution is 2.33. The summed E-state index contributed by atoms with van der Waals surface area (Å²) in [6, 6.07) is 5.28. The lowest BCUT2D eigenvalue weighted by Gasteiger charge is -2.23. The van der Waals surface area contributed by atoms with Gasteiger partial charge in [-0.1, -0.05) is 17.7 Å². The molecule has 1 fully saturated rings. The lowest BCUT2D eigenvalue weighted by molar-refractivity contribution is -0.117. The van der Waals surface area contributed by atoms with E-state index in [1.54, 1.807) is 25.3 Å². The molecule has 0 aromatic heterocycles. The number of hydrogen-bond acceptors (Lipinski definition) is 5. The number of hydrogen-bond donors (Lipinski definition) is 2. The van der Waals surface area contributed by atoms with Gasteiger partial charge in [-0.15, -0.1) is 0 Å². The quantitative estimate of drug-likeness (QED) is 0.745. The molecule has 1 unspecified atom stereocenters. The third kappa shape index (κ3) is 5.14. The summed E-state index contributed by atoms with van der Waals surface area (Å²) in [4.78, 5) is 12.1. The molecular weight excluding hydrogens is 308 g/mol. The van der Waals surface area contributed by atoms with Crippen molar-refractivity contribution in [2.24, 2.45) is 0 Å². The maximum absolute atomic E-state index is 12.1. The number of anilines is 1. The van der Waals surface area contributed by atoms with Crippen LogP contribution in [0.5, 0.6) is 5.75 Å². The van der Waals surface area contributed by atoms with E-state index in [4.69, 9.17) is 25.8 Å². The minimum atomic E-state index is -0.109. The molecule has 0 radical (unpaired) electrons. The molecule has 1 aliphatic heterocycles. The molecule has 1 heterocycles. The van der Waals surface area contributed by atoms with E-state index in [2.05, 4.69) is 10.6 Å². The van der Waals surface area contributed by atoms with Crippen LogP contribution < -0.4 is 15.4 Å². The van der Waals surface area contributed by atoms with Crippen LogP contribution in [-0.4, -0.2) is 52.0 Å². The van der Waals surface area contributed by atoms with Gasteiger partial charge in [0.05, 0.1) is 30.5 Å². The Kier molecular flexibility index (Phi) is 6.92. The second-order valence-electron chi connectivity index (χ2n) is 4.94. The van der Waals surface area contributed by atoms with Gasteiger partial charge >= 0.3 is 0 Å². The third-order valence-corrected chi connectivity index (χ3v) is 3.50. The zero-order valence-electron chi connectivity index (χ0n) is 12.6. The van der Waals surface area contributed by atoms with Crippen LogP contribution in [0.25, 0.3) is 0 Å². The van der Waals surface area contributed by atoms with Crippen molar-refractivity contribution in [3.05, 3.63) is 23.2 Å². The smallest absolute Gasteiger partial charge is 0.226 e. The van der Waals surface area contributed by atoms with Crippen LogP contribution in [0, 0.1) is 0 Å². The lowest BCUT2D eigenvalue weighted by Crippen LogP contribution is -2.43. The standard InChI is InChI=1S/C15H21ClN2O4/c1-20-7-8-22-15-12(16)3-2-4-13(15)18-14(19)9-11-10-21-6-5-17-11/h2-4,11,17H,5-10H2,1H3,(H,18,19). The fourth-order valence-corrected chi connectivity index (χ4v) is 2.39. The van der Waals surface area contributed by atoms with Crippen molar-refractivity contribution in [2.45, 2.75) is 12.5 Å². The molecule has 2 N–H and O–H groups in total. The van der Waals surface area contributed by atoms with Crippen molar-refractivity contribution in [2.75, 3.05) is 45.4 Å². The van der Waals surface area contributed by atoms with Crippen LogP contribution in [0.4, 0.5) is 5.69 Å². The van der Waals surface area contributed by atoms with Crippen LogP contribution in [0.2, 0.25) is 5.02 Å². The topological polar surface area (TPSA) is 68.8 Å². The molecule has 1 atom stereocenters. The predicted molar refractivity (Wildman–Crippen MR) is 84.7 cm³/mol. The van der Waals surface area contributed by atoms with Gasteiger partial charge in [0, 0.05) is 26.1 Å². The van der Waals surface area contributed by atoms with Crippen molar-refractivity contribution < 1.29 is 19.0 Å². The monoisotopic (exact) mass is 328 g/mol. The molecule has 0 saturated carbocycles. The lowest BCUT2D eigenvalue weighted by atomic mass is 10.2. The zero-order chi connectivity index (χ0) is 15.8. The van der Waals surface area contributed by atoms with Crippen LogP contribution >= 0.6 is 11.6 Å². The van der Waals surface area contributed by atoms with E-state index in [9.17, 15) is 4.79 Å². The summed E-state index contributed by atoms with van der Waals surface area (Å²) in [5.41, 5.74) is 0.560. The van der Waals surface area contributed by atoms with Gasteiger partial charge in [-0.25, -0.2) is 0 Å². The molecule has 0 spiro atoms. The Hall–Kier alpha value is -1.34. The molecular formula is C15H21ClN2O4. The fourth-order valence-electron chi connectivity index (χ4n) is 2.16. The van der Waals surface area contributed by atoms with Crippen molar-refractivity contribution in [3.8, 4) is 5.75 Å². The summed E-state index contributed by atoms with van der Waals surface area (Å²) in [7, 11) is 1.60. The number of benzene rings is 1. The van der Waals surface area contributed by atoms with E-state index in [0.717, 1.165) is 6.54 Å². The first-order chi connectivity index (χ1) is 10.7. The highest BCUT2D eigenvalue weighted by Gasteiger charge is 2.18. The number of carbonyl (C=O) groups is 1. The molecule has 2 rings (SSSR count). The van der Waals surface area contributed by atoms with Crippen LogP contribution in [0.3, 0.4) is 0 Å². The summed E-state index contributed by atoms with van der Waals surface area (Å²) in [6.45, 7) is 2.80. The van der Waals surface area contributed by atoms with Crippen molar-refractivity contribution >= 4 is 23.2 Å². The van der Waals surface area contributed by atoms with Crippen molar-refractivity contribution in [3.63, 3.8) is 0 Å². The SMILES string of the molecule is COCCOc1c(Cl)cccc1NC(=O)CC1COCCN1. The Morgan fingerprint density at radius 3 is 3.09 bits per heavy atom. The van der Waals surface area contributed by atoms with Gasteiger partial charge in [-0.3, -0.25) is 4.79 Å². The van der Waals surface area contributed by atoms with E-state index in [-0.39, 0.29) is 11.9 Å². The van der Waals surface area contributed by atoms with Crippen LogP contribution in [-0.2, 0) is 14.3 Å². The van der Waals surface area contributed by atoms with E-state index >= 15 is 0 Å². The number of para-hydroxylation sites is 1. The molecule has 1 aliphatic rings. The Balaban J connectivity index is 1.95. The number of methoxy groups -OCH3 is 1. The van der Waals surface area contributed by atoms with Crippen molar-refractivity contribution in [1.82, 2.24) is 5.32 Å². The molecule has 7 heteroatoms. The summed E-state index contributed by atoms with van der Waals surface area (Å²) in [5.74, 6) is 0.351. The first-order valence-electron chi connectivity index (χ1n) is 7.22. The molecule has 1 aromatic carbocycles. The number of ether oxygens (including phenoxy) is 3. The second kappa shape index (κ2) is 8.95. The van der Waals surface area contributed by atoms with Gasteiger partial charge in [0.2, 0.25) is 5.91 Å². The number of carbonyl (C=O) groups excluding carboxylic acids is 1.